The Balaban J connectivity index is 0.000000561. The van der Waals surface area contributed by atoms with Crippen LogP contribution in [0.25, 0.3) is 0 Å². The van der Waals surface area contributed by atoms with Gasteiger partial charge in [-0.25, -0.2) is 5.90 Å². The third kappa shape index (κ3) is 4.85. The predicted molar refractivity (Wildman–Crippen MR) is 47.8 cm³/mol. The average Bonchev–Trinajstić information content (AvgIpc) is 2.19. The summed E-state index contributed by atoms with van der Waals surface area (Å²) < 4.78 is 0. The Labute approximate surface area is 72.4 Å². The van der Waals surface area contributed by atoms with E-state index in [0.29, 0.717) is 0 Å². The summed E-state index contributed by atoms with van der Waals surface area (Å²) in [6, 6.07) is 10.2. The van der Waals surface area contributed by atoms with Crippen molar-refractivity contribution in [1.82, 2.24) is 0 Å². The van der Waals surface area contributed by atoms with Gasteiger partial charge in [-0.3, -0.25) is 0 Å². The monoisotopic (exact) mass is 169 g/mol. The van der Waals surface area contributed by atoms with Crippen LogP contribution in [0.2, 0.25) is 0 Å². The SMILES string of the molecule is NO.OCCCc1ccccc1. The summed E-state index contributed by atoms with van der Waals surface area (Å²) in [7, 11) is 0. The van der Waals surface area contributed by atoms with E-state index in [1.807, 2.05) is 18.2 Å². The number of aliphatic hydroxyl groups is 1. The minimum atomic E-state index is 0.287. The molecule has 0 saturated heterocycles. The van der Waals surface area contributed by atoms with E-state index < -0.39 is 0 Å². The Morgan fingerprint density at radius 1 is 1.08 bits per heavy atom. The summed E-state index contributed by atoms with van der Waals surface area (Å²) in [5.41, 5.74) is 1.30. The second kappa shape index (κ2) is 8.20. The quantitative estimate of drug-likeness (QED) is 0.590. The summed E-state index contributed by atoms with van der Waals surface area (Å²) in [6.07, 6.45) is 1.85. The lowest BCUT2D eigenvalue weighted by molar-refractivity contribution is 0.288. The van der Waals surface area contributed by atoms with E-state index in [1.54, 1.807) is 0 Å². The van der Waals surface area contributed by atoms with Crippen molar-refractivity contribution in [2.24, 2.45) is 5.90 Å². The molecule has 1 aromatic rings. The van der Waals surface area contributed by atoms with Crippen LogP contribution in [0.5, 0.6) is 0 Å². The minimum Gasteiger partial charge on any atom is -0.396 e. The minimum absolute atomic E-state index is 0.287. The molecule has 12 heavy (non-hydrogen) atoms. The van der Waals surface area contributed by atoms with Crippen molar-refractivity contribution in [2.75, 3.05) is 6.61 Å². The van der Waals surface area contributed by atoms with E-state index in [2.05, 4.69) is 18.0 Å². The Morgan fingerprint density at radius 2 is 1.67 bits per heavy atom. The van der Waals surface area contributed by atoms with Gasteiger partial charge in [-0.2, -0.15) is 0 Å². The van der Waals surface area contributed by atoms with Gasteiger partial charge in [-0.15, -0.1) is 0 Å². The maximum Gasteiger partial charge on any atom is 0.0434 e. The first-order chi connectivity index (χ1) is 5.93. The summed E-state index contributed by atoms with van der Waals surface area (Å²) in [5.74, 6) is 3.50. The van der Waals surface area contributed by atoms with E-state index in [0.717, 1.165) is 12.8 Å². The number of aryl methyl sites for hydroxylation is 1. The van der Waals surface area contributed by atoms with Crippen LogP contribution in [0.1, 0.15) is 12.0 Å². The van der Waals surface area contributed by atoms with Crippen molar-refractivity contribution in [3.63, 3.8) is 0 Å². The molecule has 0 radical (unpaired) electrons. The van der Waals surface area contributed by atoms with Crippen molar-refractivity contribution >= 4 is 0 Å². The van der Waals surface area contributed by atoms with Gasteiger partial charge in [-0.05, 0) is 18.4 Å². The number of hydrogen-bond donors (Lipinski definition) is 3. The molecule has 1 aromatic carbocycles. The molecule has 0 aliphatic heterocycles. The van der Waals surface area contributed by atoms with Crippen LogP contribution in [0.3, 0.4) is 0 Å². The molecular weight excluding hydrogens is 154 g/mol. The van der Waals surface area contributed by atoms with Crippen LogP contribution in [0.4, 0.5) is 0 Å². The van der Waals surface area contributed by atoms with Crippen molar-refractivity contribution in [3.8, 4) is 0 Å². The van der Waals surface area contributed by atoms with Crippen LogP contribution < -0.4 is 5.90 Å². The number of aliphatic hydroxyl groups excluding tert-OH is 1. The molecule has 0 amide bonds. The molecule has 0 aromatic heterocycles. The predicted octanol–water partition coefficient (Wildman–Crippen LogP) is 0.946. The second-order valence-electron chi connectivity index (χ2n) is 2.31. The van der Waals surface area contributed by atoms with Crippen molar-refractivity contribution in [1.29, 1.82) is 0 Å². The first-order valence-corrected chi connectivity index (χ1v) is 3.84. The smallest absolute Gasteiger partial charge is 0.0434 e. The van der Waals surface area contributed by atoms with Gasteiger partial charge in [0, 0.05) is 6.61 Å². The lowest BCUT2D eigenvalue weighted by Crippen LogP contribution is -1.87. The molecule has 0 unspecified atom stereocenters. The molecule has 1 rings (SSSR count). The zero-order chi connectivity index (χ0) is 9.23. The number of benzene rings is 1. The van der Waals surface area contributed by atoms with Gasteiger partial charge in [0.25, 0.3) is 0 Å². The maximum absolute atomic E-state index is 8.53. The fraction of sp³-hybridized carbons (Fsp3) is 0.333. The van der Waals surface area contributed by atoms with Crippen LogP contribution in [0.15, 0.2) is 30.3 Å². The van der Waals surface area contributed by atoms with E-state index in [1.165, 1.54) is 5.56 Å². The van der Waals surface area contributed by atoms with Crippen LogP contribution in [-0.4, -0.2) is 16.9 Å². The van der Waals surface area contributed by atoms with Gasteiger partial charge in [0.15, 0.2) is 0 Å². The van der Waals surface area contributed by atoms with Gasteiger partial charge in [-0.1, -0.05) is 30.3 Å². The standard InChI is InChI=1S/C9H12O.H3NO/c10-8-4-7-9-5-2-1-3-6-9;1-2/h1-3,5-6,10H,4,7-8H2;2H,1H2. The molecule has 68 valence electrons. The highest BCUT2D eigenvalue weighted by molar-refractivity contribution is 5.14. The lowest BCUT2D eigenvalue weighted by Gasteiger charge is -1.96. The molecule has 0 atom stereocenters. The molecule has 0 aliphatic carbocycles. The average molecular weight is 169 g/mol. The van der Waals surface area contributed by atoms with Gasteiger partial charge in [0.05, 0.1) is 0 Å². The maximum atomic E-state index is 8.53. The first kappa shape index (κ1) is 11.1. The van der Waals surface area contributed by atoms with Crippen LogP contribution in [-0.2, 0) is 6.42 Å². The molecule has 4 N–H and O–H groups in total. The molecule has 0 bridgehead atoms. The zero-order valence-electron chi connectivity index (χ0n) is 6.98. The van der Waals surface area contributed by atoms with E-state index in [4.69, 9.17) is 10.3 Å². The molecular formula is C9H15NO2. The summed E-state index contributed by atoms with van der Waals surface area (Å²) in [4.78, 5) is 0. The molecule has 0 heterocycles. The Morgan fingerprint density at radius 3 is 2.17 bits per heavy atom. The lowest BCUT2D eigenvalue weighted by atomic mass is 10.1. The van der Waals surface area contributed by atoms with E-state index >= 15 is 0 Å². The van der Waals surface area contributed by atoms with E-state index in [-0.39, 0.29) is 6.61 Å². The highest BCUT2D eigenvalue weighted by atomic mass is 16.4. The summed E-state index contributed by atoms with van der Waals surface area (Å²) in [5, 5.41) is 15.0. The first-order valence-electron chi connectivity index (χ1n) is 3.84. The molecule has 0 spiro atoms. The molecule has 0 fully saturated rings. The number of nitrogens with two attached hydrogens (primary N) is 1. The van der Waals surface area contributed by atoms with Crippen LogP contribution >= 0.6 is 0 Å². The highest BCUT2D eigenvalue weighted by Crippen LogP contribution is 2.00. The number of hydrogen-bond acceptors (Lipinski definition) is 3. The highest BCUT2D eigenvalue weighted by Gasteiger charge is 1.87. The Hall–Kier alpha value is -0.900. The zero-order valence-corrected chi connectivity index (χ0v) is 6.98. The topological polar surface area (TPSA) is 66.5 Å². The van der Waals surface area contributed by atoms with Gasteiger partial charge in [0.1, 0.15) is 0 Å². The fourth-order valence-corrected chi connectivity index (χ4v) is 0.928. The second-order valence-corrected chi connectivity index (χ2v) is 2.31. The Bertz CT molecular complexity index is 177. The Kier molecular flexibility index (Phi) is 7.58. The molecule has 0 saturated carbocycles. The third-order valence-corrected chi connectivity index (χ3v) is 1.47. The summed E-state index contributed by atoms with van der Waals surface area (Å²) >= 11 is 0. The van der Waals surface area contributed by atoms with Crippen LogP contribution in [0, 0.1) is 0 Å². The van der Waals surface area contributed by atoms with Gasteiger partial charge >= 0.3 is 0 Å². The summed E-state index contributed by atoms with van der Waals surface area (Å²) in [6.45, 7) is 0.287. The van der Waals surface area contributed by atoms with Gasteiger partial charge < -0.3 is 10.3 Å². The number of rotatable bonds is 3. The molecule has 3 nitrogen and oxygen atoms in total. The third-order valence-electron chi connectivity index (χ3n) is 1.47. The fourth-order valence-electron chi connectivity index (χ4n) is 0.928. The van der Waals surface area contributed by atoms with Crippen molar-refractivity contribution in [3.05, 3.63) is 35.9 Å². The van der Waals surface area contributed by atoms with Gasteiger partial charge in [0.2, 0.25) is 0 Å². The molecule has 3 heteroatoms. The normalized spacial score (nSPS) is 8.58. The van der Waals surface area contributed by atoms with E-state index in [9.17, 15) is 0 Å². The largest absolute Gasteiger partial charge is 0.396 e. The van der Waals surface area contributed by atoms with Crippen molar-refractivity contribution in [2.45, 2.75) is 12.8 Å². The van der Waals surface area contributed by atoms with Crippen molar-refractivity contribution < 1.29 is 10.3 Å². The molecule has 0 aliphatic rings.